The zero-order chi connectivity index (χ0) is 15.4. The molecule has 0 unspecified atom stereocenters. The van der Waals surface area contributed by atoms with E-state index in [1.54, 1.807) is 4.90 Å². The number of halogens is 1. The van der Waals surface area contributed by atoms with Crippen molar-refractivity contribution >= 4 is 23.2 Å². The van der Waals surface area contributed by atoms with Crippen LogP contribution in [0.5, 0.6) is 0 Å². The standard InChI is InChI=1S/C16H24ClN3O/c1-12(2)18-10-13-14(17)6-4-7-15(13)20-9-5-8-19(3)16(21)11-20/h4,6-7,12,18H,5,8-11H2,1-3H3. The molecule has 1 saturated heterocycles. The molecule has 5 heteroatoms. The van der Waals surface area contributed by atoms with E-state index in [2.05, 4.69) is 30.1 Å². The number of nitrogens with one attached hydrogen (secondary N) is 1. The van der Waals surface area contributed by atoms with Crippen LogP contribution in [0.1, 0.15) is 25.8 Å². The Kier molecular flexibility index (Phi) is 5.48. The van der Waals surface area contributed by atoms with Crippen molar-refractivity contribution in [2.75, 3.05) is 31.6 Å². The molecule has 1 aromatic rings. The fourth-order valence-corrected chi connectivity index (χ4v) is 2.75. The van der Waals surface area contributed by atoms with Crippen LogP contribution < -0.4 is 10.2 Å². The third-order valence-corrected chi connectivity index (χ3v) is 4.15. The van der Waals surface area contributed by atoms with Crippen LogP contribution in [0.2, 0.25) is 5.02 Å². The van der Waals surface area contributed by atoms with E-state index < -0.39 is 0 Å². The Morgan fingerprint density at radius 1 is 1.33 bits per heavy atom. The first-order valence-electron chi connectivity index (χ1n) is 7.48. The summed E-state index contributed by atoms with van der Waals surface area (Å²) in [5.41, 5.74) is 2.14. The number of hydrogen-bond acceptors (Lipinski definition) is 3. The first-order valence-corrected chi connectivity index (χ1v) is 7.86. The molecule has 1 aromatic carbocycles. The average Bonchev–Trinajstić information content (AvgIpc) is 2.59. The molecule has 0 radical (unpaired) electrons. The van der Waals surface area contributed by atoms with Crippen LogP contribution in [-0.2, 0) is 11.3 Å². The smallest absolute Gasteiger partial charge is 0.241 e. The largest absolute Gasteiger partial charge is 0.362 e. The molecule has 0 aromatic heterocycles. The van der Waals surface area contributed by atoms with E-state index in [-0.39, 0.29) is 5.91 Å². The van der Waals surface area contributed by atoms with Gasteiger partial charge >= 0.3 is 0 Å². The van der Waals surface area contributed by atoms with Gasteiger partial charge in [-0.1, -0.05) is 31.5 Å². The van der Waals surface area contributed by atoms with Crippen LogP contribution in [0.25, 0.3) is 0 Å². The van der Waals surface area contributed by atoms with Gasteiger partial charge in [-0.3, -0.25) is 4.79 Å². The summed E-state index contributed by atoms with van der Waals surface area (Å²) in [4.78, 5) is 16.0. The number of carbonyl (C=O) groups excluding carboxylic acids is 1. The van der Waals surface area contributed by atoms with Crippen molar-refractivity contribution in [2.24, 2.45) is 0 Å². The minimum absolute atomic E-state index is 0.162. The molecule has 1 aliphatic heterocycles. The number of anilines is 1. The van der Waals surface area contributed by atoms with Crippen LogP contribution in [-0.4, -0.2) is 43.5 Å². The van der Waals surface area contributed by atoms with Gasteiger partial charge in [-0.05, 0) is 18.6 Å². The fourth-order valence-electron chi connectivity index (χ4n) is 2.52. The van der Waals surface area contributed by atoms with Gasteiger partial charge < -0.3 is 15.1 Å². The molecule has 1 heterocycles. The highest BCUT2D eigenvalue weighted by Crippen LogP contribution is 2.28. The predicted octanol–water partition coefficient (Wildman–Crippen LogP) is 2.51. The van der Waals surface area contributed by atoms with Gasteiger partial charge in [0.05, 0.1) is 6.54 Å². The van der Waals surface area contributed by atoms with Crippen LogP contribution in [0.3, 0.4) is 0 Å². The minimum Gasteiger partial charge on any atom is -0.362 e. The van der Waals surface area contributed by atoms with Crippen molar-refractivity contribution in [1.82, 2.24) is 10.2 Å². The maximum Gasteiger partial charge on any atom is 0.241 e. The Morgan fingerprint density at radius 3 is 2.81 bits per heavy atom. The molecule has 1 amide bonds. The number of carbonyl (C=O) groups is 1. The second kappa shape index (κ2) is 7.14. The summed E-state index contributed by atoms with van der Waals surface area (Å²) in [7, 11) is 1.87. The topological polar surface area (TPSA) is 35.6 Å². The summed E-state index contributed by atoms with van der Waals surface area (Å²) in [5, 5.41) is 4.17. The number of hydrogen-bond donors (Lipinski definition) is 1. The molecule has 1 aliphatic rings. The number of rotatable bonds is 4. The molecule has 2 rings (SSSR count). The van der Waals surface area contributed by atoms with E-state index in [1.165, 1.54) is 0 Å². The Balaban J connectivity index is 2.25. The maximum atomic E-state index is 12.1. The second-order valence-electron chi connectivity index (χ2n) is 5.86. The maximum absolute atomic E-state index is 12.1. The van der Waals surface area contributed by atoms with Gasteiger partial charge in [-0.2, -0.15) is 0 Å². The zero-order valence-electron chi connectivity index (χ0n) is 13.0. The molecule has 0 spiro atoms. The Morgan fingerprint density at radius 2 is 2.10 bits per heavy atom. The molecule has 0 aliphatic carbocycles. The van der Waals surface area contributed by atoms with Crippen molar-refractivity contribution in [3.63, 3.8) is 0 Å². The highest BCUT2D eigenvalue weighted by molar-refractivity contribution is 6.31. The summed E-state index contributed by atoms with van der Waals surface area (Å²) < 4.78 is 0. The summed E-state index contributed by atoms with van der Waals surface area (Å²) in [5.74, 6) is 0.162. The quantitative estimate of drug-likeness (QED) is 0.928. The monoisotopic (exact) mass is 309 g/mol. The van der Waals surface area contributed by atoms with Crippen molar-refractivity contribution in [3.05, 3.63) is 28.8 Å². The Hall–Kier alpha value is -1.26. The molecular formula is C16H24ClN3O. The van der Waals surface area contributed by atoms with Gasteiger partial charge in [0.1, 0.15) is 0 Å². The lowest BCUT2D eigenvalue weighted by Crippen LogP contribution is -2.35. The van der Waals surface area contributed by atoms with E-state index >= 15 is 0 Å². The van der Waals surface area contributed by atoms with Gasteiger partial charge in [0, 0.05) is 49.0 Å². The van der Waals surface area contributed by atoms with Crippen LogP contribution in [0.4, 0.5) is 5.69 Å². The highest BCUT2D eigenvalue weighted by Gasteiger charge is 2.21. The first kappa shape index (κ1) is 16.1. The summed E-state index contributed by atoms with van der Waals surface area (Å²) in [6.45, 7) is 7.06. The van der Waals surface area contributed by atoms with Gasteiger partial charge in [0.25, 0.3) is 0 Å². The molecule has 1 fully saturated rings. The fraction of sp³-hybridized carbons (Fsp3) is 0.562. The number of benzene rings is 1. The van der Waals surface area contributed by atoms with Crippen molar-refractivity contribution in [3.8, 4) is 0 Å². The molecule has 4 nitrogen and oxygen atoms in total. The third-order valence-electron chi connectivity index (χ3n) is 3.80. The minimum atomic E-state index is 0.162. The zero-order valence-corrected chi connectivity index (χ0v) is 13.8. The van der Waals surface area contributed by atoms with E-state index in [0.717, 1.165) is 35.8 Å². The normalized spacial score (nSPS) is 16.5. The Bertz CT molecular complexity index is 504. The van der Waals surface area contributed by atoms with E-state index in [9.17, 15) is 4.79 Å². The van der Waals surface area contributed by atoms with Crippen molar-refractivity contribution < 1.29 is 4.79 Å². The SMILES string of the molecule is CC(C)NCc1c(Cl)cccc1N1CCCN(C)C(=O)C1. The predicted molar refractivity (Wildman–Crippen MR) is 87.9 cm³/mol. The number of amides is 1. The lowest BCUT2D eigenvalue weighted by atomic mass is 10.1. The molecular weight excluding hydrogens is 286 g/mol. The average molecular weight is 310 g/mol. The lowest BCUT2D eigenvalue weighted by molar-refractivity contribution is -0.127. The van der Waals surface area contributed by atoms with Gasteiger partial charge in [-0.15, -0.1) is 0 Å². The molecule has 21 heavy (non-hydrogen) atoms. The van der Waals surface area contributed by atoms with Crippen molar-refractivity contribution in [2.45, 2.75) is 32.9 Å². The summed E-state index contributed by atoms with van der Waals surface area (Å²) in [6, 6.07) is 6.32. The molecule has 1 N–H and O–H groups in total. The van der Waals surface area contributed by atoms with Crippen LogP contribution in [0, 0.1) is 0 Å². The Labute approximate surface area is 132 Å². The van der Waals surface area contributed by atoms with Gasteiger partial charge in [0.15, 0.2) is 0 Å². The third kappa shape index (κ3) is 4.11. The molecule has 0 saturated carbocycles. The molecule has 0 atom stereocenters. The first-order chi connectivity index (χ1) is 9.99. The molecule has 116 valence electrons. The van der Waals surface area contributed by atoms with Crippen LogP contribution >= 0.6 is 11.6 Å². The van der Waals surface area contributed by atoms with E-state index in [0.29, 0.717) is 19.1 Å². The van der Waals surface area contributed by atoms with Gasteiger partial charge in [0.2, 0.25) is 5.91 Å². The lowest BCUT2D eigenvalue weighted by Gasteiger charge is -2.26. The molecule has 0 bridgehead atoms. The highest BCUT2D eigenvalue weighted by atomic mass is 35.5. The number of nitrogens with zero attached hydrogens (tertiary/aromatic N) is 2. The van der Waals surface area contributed by atoms with E-state index in [1.807, 2.05) is 19.2 Å². The van der Waals surface area contributed by atoms with Crippen LogP contribution in [0.15, 0.2) is 18.2 Å². The second-order valence-corrected chi connectivity index (χ2v) is 6.27. The number of likely N-dealkylation sites (N-methyl/N-ethyl adjacent to an activating group) is 1. The van der Waals surface area contributed by atoms with E-state index in [4.69, 9.17) is 11.6 Å². The summed E-state index contributed by atoms with van der Waals surface area (Å²) >= 11 is 6.38. The van der Waals surface area contributed by atoms with Crippen molar-refractivity contribution in [1.29, 1.82) is 0 Å². The summed E-state index contributed by atoms with van der Waals surface area (Å²) in [6.07, 6.45) is 0.978. The van der Waals surface area contributed by atoms with Gasteiger partial charge in [-0.25, -0.2) is 0 Å².